The van der Waals surface area contributed by atoms with E-state index in [1.165, 1.54) is 0 Å². The van der Waals surface area contributed by atoms with Gasteiger partial charge in [-0.25, -0.2) is 0 Å². The van der Waals surface area contributed by atoms with Crippen LogP contribution in [0.25, 0.3) is 11.1 Å². The van der Waals surface area contributed by atoms with Crippen LogP contribution in [0.15, 0.2) is 53.4 Å². The third-order valence-electron chi connectivity index (χ3n) is 2.53. The number of rotatable bonds is 4. The first-order valence-electron chi connectivity index (χ1n) is 5.64. The van der Waals surface area contributed by atoms with Crippen molar-refractivity contribution >= 4 is 11.1 Å². The van der Waals surface area contributed by atoms with Crippen LogP contribution in [-0.4, -0.2) is 15.4 Å². The Morgan fingerprint density at radius 3 is 2.42 bits per heavy atom. The summed E-state index contributed by atoms with van der Waals surface area (Å²) in [6, 6.07) is 14.4. The summed E-state index contributed by atoms with van der Waals surface area (Å²) in [6.07, 6.45) is 0. The number of hydrogen-bond acceptors (Lipinski definition) is 3. The first-order valence-corrected chi connectivity index (χ1v) is 6.71. The van der Waals surface area contributed by atoms with Gasteiger partial charge in [0.05, 0.1) is 6.61 Å². The maximum atomic E-state index is 11.0. The minimum atomic E-state index is -2.23. The van der Waals surface area contributed by atoms with Gasteiger partial charge in [-0.3, -0.25) is 4.21 Å². The fourth-order valence-electron chi connectivity index (χ4n) is 1.74. The molecule has 2 aromatic rings. The van der Waals surface area contributed by atoms with Crippen LogP contribution in [-0.2, 0) is 11.1 Å². The minimum absolute atomic E-state index is 0. The van der Waals surface area contributed by atoms with Crippen molar-refractivity contribution in [1.29, 1.82) is 0 Å². The van der Waals surface area contributed by atoms with E-state index in [4.69, 9.17) is 4.74 Å². The smallest absolute Gasteiger partial charge is 0.768 e. The third-order valence-corrected chi connectivity index (χ3v) is 3.17. The van der Waals surface area contributed by atoms with E-state index < -0.39 is 11.1 Å². The van der Waals surface area contributed by atoms with Crippen molar-refractivity contribution < 1.29 is 43.1 Å². The maximum Gasteiger partial charge on any atom is 1.00 e. The van der Waals surface area contributed by atoms with Crippen molar-refractivity contribution in [3.05, 3.63) is 48.5 Å². The molecule has 0 aliphatic heterocycles. The molecule has 0 bridgehead atoms. The third kappa shape index (κ3) is 4.16. The van der Waals surface area contributed by atoms with Gasteiger partial charge in [-0.1, -0.05) is 30.3 Å². The number of ether oxygens (including phenoxy) is 1. The number of hydrogen-bond donors (Lipinski definition) is 0. The first kappa shape index (κ1) is 16.4. The molecule has 0 amide bonds. The van der Waals surface area contributed by atoms with Crippen molar-refractivity contribution in [3.8, 4) is 16.9 Å². The predicted octanol–water partition coefficient (Wildman–Crippen LogP) is -0.00570. The van der Waals surface area contributed by atoms with Crippen molar-refractivity contribution in [2.75, 3.05) is 6.61 Å². The van der Waals surface area contributed by atoms with Crippen molar-refractivity contribution in [3.63, 3.8) is 0 Å². The van der Waals surface area contributed by atoms with E-state index >= 15 is 0 Å². The molecule has 0 heterocycles. The summed E-state index contributed by atoms with van der Waals surface area (Å²) in [6.45, 7) is 2.44. The Morgan fingerprint density at radius 2 is 1.84 bits per heavy atom. The molecule has 2 rings (SSSR count). The van der Waals surface area contributed by atoms with E-state index in [9.17, 15) is 8.76 Å². The van der Waals surface area contributed by atoms with Crippen molar-refractivity contribution in [2.45, 2.75) is 11.8 Å². The summed E-state index contributed by atoms with van der Waals surface area (Å²) >= 11 is -2.23. The van der Waals surface area contributed by atoms with Crippen LogP contribution >= 0.6 is 0 Å². The molecule has 0 saturated carbocycles. The van der Waals surface area contributed by atoms with E-state index in [1.54, 1.807) is 18.2 Å². The zero-order chi connectivity index (χ0) is 13.0. The SMILES string of the molecule is CCOc1ccc(S(=O)[O-])cc1-c1ccccc1.[Na+]. The fraction of sp³-hybridized carbons (Fsp3) is 0.143. The van der Waals surface area contributed by atoms with Crippen LogP contribution in [0.2, 0.25) is 0 Å². The molecule has 1 atom stereocenters. The van der Waals surface area contributed by atoms with E-state index in [2.05, 4.69) is 0 Å². The van der Waals surface area contributed by atoms with Gasteiger partial charge in [0, 0.05) is 10.5 Å². The molecule has 0 aliphatic carbocycles. The van der Waals surface area contributed by atoms with E-state index in [0.29, 0.717) is 12.4 Å². The van der Waals surface area contributed by atoms with Gasteiger partial charge >= 0.3 is 29.6 Å². The van der Waals surface area contributed by atoms with Gasteiger partial charge in [-0.15, -0.1) is 0 Å². The number of benzene rings is 2. The largest absolute Gasteiger partial charge is 1.00 e. The molecule has 94 valence electrons. The molecule has 2 aromatic carbocycles. The monoisotopic (exact) mass is 284 g/mol. The van der Waals surface area contributed by atoms with E-state index in [1.807, 2.05) is 37.3 Å². The topological polar surface area (TPSA) is 49.4 Å². The normalized spacial score (nSPS) is 11.5. The summed E-state index contributed by atoms with van der Waals surface area (Å²) in [5.74, 6) is 0.693. The Labute approximate surface area is 137 Å². The summed E-state index contributed by atoms with van der Waals surface area (Å²) in [4.78, 5) is 0.261. The summed E-state index contributed by atoms with van der Waals surface area (Å²) < 4.78 is 27.6. The second-order valence-electron chi connectivity index (χ2n) is 3.69. The Bertz CT molecular complexity index is 558. The summed E-state index contributed by atoms with van der Waals surface area (Å²) in [5.41, 5.74) is 1.73. The Morgan fingerprint density at radius 1 is 1.16 bits per heavy atom. The second-order valence-corrected chi connectivity index (χ2v) is 4.63. The molecule has 3 nitrogen and oxygen atoms in total. The zero-order valence-electron chi connectivity index (χ0n) is 11.0. The summed E-state index contributed by atoms with van der Waals surface area (Å²) in [5, 5.41) is 0. The van der Waals surface area contributed by atoms with E-state index in [-0.39, 0.29) is 34.5 Å². The molecule has 0 radical (unpaired) electrons. The van der Waals surface area contributed by atoms with Crippen LogP contribution in [0.1, 0.15) is 6.92 Å². The van der Waals surface area contributed by atoms with Gasteiger partial charge in [0.15, 0.2) is 0 Å². The maximum absolute atomic E-state index is 11.0. The molecule has 0 aromatic heterocycles. The quantitative estimate of drug-likeness (QED) is 0.586. The molecular weight excluding hydrogens is 271 g/mol. The first-order chi connectivity index (χ1) is 8.72. The molecule has 19 heavy (non-hydrogen) atoms. The van der Waals surface area contributed by atoms with Gasteiger partial charge in [0.2, 0.25) is 0 Å². The molecule has 1 unspecified atom stereocenters. The Balaban J connectivity index is 0.00000180. The van der Waals surface area contributed by atoms with Gasteiger partial charge in [0.1, 0.15) is 5.75 Å². The zero-order valence-corrected chi connectivity index (χ0v) is 13.8. The Hall–Kier alpha value is -0.650. The van der Waals surface area contributed by atoms with Gasteiger partial charge in [-0.2, -0.15) is 0 Å². The summed E-state index contributed by atoms with van der Waals surface area (Å²) in [7, 11) is 0. The Kier molecular flexibility index (Phi) is 6.75. The van der Waals surface area contributed by atoms with Gasteiger partial charge in [-0.05, 0) is 41.8 Å². The fourth-order valence-corrected chi connectivity index (χ4v) is 2.13. The van der Waals surface area contributed by atoms with Crippen LogP contribution in [0.3, 0.4) is 0 Å². The molecule has 0 saturated heterocycles. The standard InChI is InChI=1S/C14H14O3S.Na/c1-2-17-14-9-8-12(18(15)16)10-13(14)11-6-4-3-5-7-11;/h3-10H,2H2,1H3,(H,15,16);/q;+1/p-1. The van der Waals surface area contributed by atoms with E-state index in [0.717, 1.165) is 11.1 Å². The van der Waals surface area contributed by atoms with Crippen LogP contribution in [0, 0.1) is 0 Å². The minimum Gasteiger partial charge on any atom is -0.768 e. The molecule has 0 fully saturated rings. The van der Waals surface area contributed by atoms with Crippen molar-refractivity contribution in [2.24, 2.45) is 0 Å². The molecular formula is C14H13NaO3S. The van der Waals surface area contributed by atoms with Gasteiger partial charge < -0.3 is 9.29 Å². The molecule has 5 heteroatoms. The van der Waals surface area contributed by atoms with Crippen LogP contribution in [0.5, 0.6) is 5.75 Å². The second kappa shape index (κ2) is 7.82. The average molecular weight is 284 g/mol. The molecule has 0 N–H and O–H groups in total. The molecule has 0 spiro atoms. The van der Waals surface area contributed by atoms with Crippen LogP contribution in [0.4, 0.5) is 0 Å². The predicted molar refractivity (Wildman–Crippen MR) is 70.2 cm³/mol. The van der Waals surface area contributed by atoms with Gasteiger partial charge in [0.25, 0.3) is 0 Å². The average Bonchev–Trinajstić information content (AvgIpc) is 2.40. The molecule has 0 aliphatic rings. The van der Waals surface area contributed by atoms with Crippen LogP contribution < -0.4 is 34.3 Å². The van der Waals surface area contributed by atoms with Crippen molar-refractivity contribution in [1.82, 2.24) is 0 Å².